The van der Waals surface area contributed by atoms with Crippen molar-refractivity contribution in [3.8, 4) is 0 Å². The molecule has 0 aliphatic carbocycles. The van der Waals surface area contributed by atoms with Gasteiger partial charge in [0.25, 0.3) is 0 Å². The van der Waals surface area contributed by atoms with E-state index in [1.54, 1.807) is 0 Å². The van der Waals surface area contributed by atoms with Crippen LogP contribution in [0.1, 0.15) is 0 Å². The third kappa shape index (κ3) is 27.3. The molecule has 0 saturated heterocycles. The second-order valence-corrected chi connectivity index (χ2v) is 24.1. The van der Waals surface area contributed by atoms with Crippen LogP contribution in [0.15, 0.2) is 0 Å². The lowest BCUT2D eigenvalue weighted by atomic mass is 8.21. The van der Waals surface area contributed by atoms with Crippen molar-refractivity contribution in [2.45, 2.75) is 0 Å². The molecule has 0 aromatic carbocycles. The van der Waals surface area contributed by atoms with Crippen molar-refractivity contribution in [1.82, 2.24) is 0 Å². The Bertz CT molecular complexity index is 1570. The smallest absolute Gasteiger partial charge is 0 e. The van der Waals surface area contributed by atoms with Gasteiger partial charge in [0.2, 0.25) is 0 Å². The lowest BCUT2D eigenvalue weighted by Gasteiger charge is -2.60. The molecule has 96 heteroatoms. The van der Waals surface area contributed by atoms with E-state index in [0.717, 1.165) is 0 Å². The molecule has 0 aromatic rings. The summed E-state index contributed by atoms with van der Waals surface area (Å²) in [5.41, 5.74) is 0. The van der Waals surface area contributed by atoms with Crippen LogP contribution in [-0.4, -0.2) is 679 Å². The highest BCUT2D eigenvalue weighted by molar-refractivity contribution is 8.41. The van der Waals surface area contributed by atoms with E-state index < -0.39 is 198 Å². The van der Waals surface area contributed by atoms with E-state index in [9.17, 15) is 0 Å². The van der Waals surface area contributed by atoms with Gasteiger partial charge in [-0.25, -0.2) is 0 Å². The Balaban J connectivity index is 13.6. The van der Waals surface area contributed by atoms with Crippen molar-refractivity contribution < 1.29 is 0 Å². The quantitative estimate of drug-likeness (QED) is 0.0533. The lowest BCUT2D eigenvalue weighted by molar-refractivity contribution is 3.15. The van der Waals surface area contributed by atoms with Gasteiger partial charge in [-0.05, 0) is 0 Å². The van der Waals surface area contributed by atoms with Crippen molar-refractivity contribution >= 4 is 679 Å². The SMILES string of the molecule is [B][B]B([B])B([B][B])B(B([B][B])B([B][B])[B][B])B(B(B([B][B])B([B][B])[B][B])B(B([B][B])B([B][B])[B][B])B([B][B])B([B][B])[B][B])B(B(B([B][B])B([B][B])[B][B])B(B([B][B])B([B][B])[B][B])B([B][B])B([B][B])[B][B])B(B([B][B])B([B][B])[B][B])B(B([B][B])B([B][B])[B][B])B([B][B])B([B][B])[B][B]. The molecule has 0 saturated carbocycles. The number of hydrogen-bond donors (Lipinski definition) is 0. The molecule has 96 heavy (non-hydrogen) atoms. The molecule has 0 rings (SSSR count). The predicted octanol–water partition coefficient (Wildman–Crippen LogP) is -36.6. The van der Waals surface area contributed by atoms with Gasteiger partial charge in [0.05, 0.1) is 0 Å². The zero-order valence-electron chi connectivity index (χ0n) is 55.4. The Kier molecular flexibility index (Phi) is 62.9. The van der Waals surface area contributed by atoms with E-state index in [2.05, 4.69) is 0 Å². The molecular formula is B96. The van der Waals surface area contributed by atoms with Crippen LogP contribution in [0.2, 0.25) is 0 Å². The van der Waals surface area contributed by atoms with E-state index in [0.29, 0.717) is 0 Å². The summed E-state index contributed by atoms with van der Waals surface area (Å²) in [6.07, 6.45) is -35.9. The van der Waals surface area contributed by atoms with Crippen LogP contribution in [0.4, 0.5) is 0 Å². The molecule has 0 aromatic heterocycles. The maximum Gasteiger partial charge on any atom is 0 e. The summed E-state index contributed by atoms with van der Waals surface area (Å²) in [4.78, 5) is 0. The molecular weight excluding hydrogens is 1040 g/mol. The zero-order chi connectivity index (χ0) is 73.5. The fourth-order valence-corrected chi connectivity index (χ4v) is 15.9. The van der Waals surface area contributed by atoms with Gasteiger partial charge in [-0.3, -0.25) is 0 Å². The molecule has 0 N–H and O–H groups in total. The Morgan fingerprint density at radius 2 is 0.208 bits per heavy atom. The van der Waals surface area contributed by atoms with Crippen molar-refractivity contribution in [3.63, 3.8) is 0 Å². The molecule has 98 radical (unpaired) electrons. The minimum atomic E-state index is -1.46. The van der Waals surface area contributed by atoms with Crippen molar-refractivity contribution in [1.29, 1.82) is 0 Å². The van der Waals surface area contributed by atoms with Gasteiger partial charge in [0, 0.05) is 679 Å². The molecule has 0 spiro atoms. The molecule has 0 heterocycles. The molecule has 0 unspecified atom stereocenters. The first-order valence-electron chi connectivity index (χ1n) is 31.7. The van der Waals surface area contributed by atoms with Gasteiger partial charge in [-0.2, -0.15) is 0 Å². The van der Waals surface area contributed by atoms with Crippen LogP contribution in [0.5, 0.6) is 0 Å². The van der Waals surface area contributed by atoms with E-state index in [4.69, 9.17) is 255 Å². The van der Waals surface area contributed by atoms with Crippen LogP contribution < -0.4 is 0 Å². The average molecular weight is 1040 g/mol. The first kappa shape index (κ1) is 102. The summed E-state index contributed by atoms with van der Waals surface area (Å²) in [5, 5.41) is 0. The predicted molar refractivity (Wildman–Crippen MR) is 552 cm³/mol. The third-order valence-corrected chi connectivity index (χ3v) is 20.4. The average Bonchev–Trinajstić information content (AvgIpc) is 0.721. The minimum Gasteiger partial charge on any atom is 0 e. The topological polar surface area (TPSA) is 0 Å². The standard InChI is InChI=1S/B96/c1-34-66(33)77(55-22)88(78(56-23)67(35-2)36-3)95(92(85(63-30)74(49-16)50-17)89(79(57-24)68(37-4)38-5)80(58-25)69(39-6)40-7)96(93(86(64-31)75(51-18)52-19)90(81(59-26)70(41-8)42-9)82(60-27)71(43-10)44-11)94(87(65-32)76(53-20)54-21)91(83(61-28)72(45-12)46-13)84(62-29)73(47-14)48-15. The highest BCUT2D eigenvalue weighted by Crippen LogP contribution is 2.27. The van der Waals surface area contributed by atoms with Crippen LogP contribution >= 0.6 is 0 Å². The van der Waals surface area contributed by atoms with E-state index in [1.165, 1.54) is 226 Å². The molecule has 0 bridgehead atoms. The summed E-state index contributed by atoms with van der Waals surface area (Å²) < 4.78 is 0. The van der Waals surface area contributed by atoms with Crippen LogP contribution in [0.25, 0.3) is 0 Å². The van der Waals surface area contributed by atoms with Gasteiger partial charge in [-0.15, -0.1) is 0 Å². The zero-order valence-corrected chi connectivity index (χ0v) is 55.4. The maximum atomic E-state index is 7.48. The molecule has 0 amide bonds. The normalized spacial score (nSPS) is 9.17. The van der Waals surface area contributed by atoms with E-state index in [1.807, 2.05) is 0 Å². The van der Waals surface area contributed by atoms with Gasteiger partial charge in [0.15, 0.2) is 0 Å². The molecule has 0 fully saturated rings. The molecule has 288 valence electrons. The first-order chi connectivity index (χ1) is 46.3. The maximum absolute atomic E-state index is 7.48. The Morgan fingerprint density at radius 3 is 0.312 bits per heavy atom. The Labute approximate surface area is 672 Å². The van der Waals surface area contributed by atoms with Gasteiger partial charge in [-0.1, -0.05) is 0 Å². The molecule has 0 aliphatic rings. The van der Waals surface area contributed by atoms with Gasteiger partial charge in [0.1, 0.15) is 0 Å². The number of rotatable bonds is 62. The highest BCUT2D eigenvalue weighted by Gasteiger charge is 2.65. The van der Waals surface area contributed by atoms with Crippen LogP contribution in [-0.2, 0) is 0 Å². The van der Waals surface area contributed by atoms with E-state index in [-0.39, 0.29) is 0 Å². The highest BCUT2D eigenvalue weighted by atomic mass is 13.5. The fraction of sp³-hybridized carbons (Fsp3) is 0. The summed E-state index contributed by atoms with van der Waals surface area (Å²) in [6.45, 7) is 0. The van der Waals surface area contributed by atoms with Crippen molar-refractivity contribution in [3.05, 3.63) is 0 Å². The van der Waals surface area contributed by atoms with Crippen LogP contribution in [0, 0.1) is 0 Å². The second kappa shape index (κ2) is 59.1. The fourth-order valence-electron chi connectivity index (χ4n) is 15.9. The summed E-state index contributed by atoms with van der Waals surface area (Å²) in [6, 6.07) is 0. The molecule has 0 atom stereocenters. The van der Waals surface area contributed by atoms with Crippen LogP contribution in [0.3, 0.4) is 0 Å². The second-order valence-electron chi connectivity index (χ2n) is 24.1. The Morgan fingerprint density at radius 1 is 0.104 bits per heavy atom. The molecule has 0 nitrogen and oxygen atoms in total. The monoisotopic (exact) mass is 1060 g/mol. The molecule has 0 aliphatic heterocycles. The Hall–Kier alpha value is 6.23. The summed E-state index contributed by atoms with van der Waals surface area (Å²) in [7, 11) is 273. The summed E-state index contributed by atoms with van der Waals surface area (Å²) in [5.74, 6) is 0. The summed E-state index contributed by atoms with van der Waals surface area (Å²) >= 11 is 0. The van der Waals surface area contributed by atoms with Crippen molar-refractivity contribution in [2.24, 2.45) is 0 Å². The number of hydrogen-bond acceptors (Lipinski definition) is 0. The third-order valence-electron chi connectivity index (χ3n) is 20.4. The van der Waals surface area contributed by atoms with Gasteiger partial charge >= 0.3 is 0 Å². The van der Waals surface area contributed by atoms with Crippen molar-refractivity contribution in [2.75, 3.05) is 0 Å². The largest absolute Gasteiger partial charge is 0 e. The lowest BCUT2D eigenvalue weighted by Crippen LogP contribution is -2.98. The van der Waals surface area contributed by atoms with E-state index >= 15 is 0 Å². The first-order valence-corrected chi connectivity index (χ1v) is 31.7. The van der Waals surface area contributed by atoms with Gasteiger partial charge < -0.3 is 0 Å². The minimum absolute atomic E-state index is 0.979.